The molecule has 0 saturated heterocycles. The van der Waals surface area contributed by atoms with Crippen molar-refractivity contribution in [3.8, 4) is 0 Å². The van der Waals surface area contributed by atoms with Crippen LogP contribution in [0.3, 0.4) is 0 Å². The topological polar surface area (TPSA) is 20.9 Å². The Balaban J connectivity index is 0.000000336. The van der Waals surface area contributed by atoms with E-state index in [2.05, 4.69) is 18.2 Å². The lowest BCUT2D eigenvalue weighted by molar-refractivity contribution is -0.652. The highest BCUT2D eigenvalue weighted by Crippen LogP contribution is 2.41. The molecule has 2 nitrogen and oxygen atoms in total. The van der Waals surface area contributed by atoms with E-state index in [4.69, 9.17) is 0 Å². The second-order valence-corrected chi connectivity index (χ2v) is 18.4. The third-order valence-corrected chi connectivity index (χ3v) is 13.3. The summed E-state index contributed by atoms with van der Waals surface area (Å²) in [5, 5.41) is 2.27. The third kappa shape index (κ3) is 12.9. The first kappa shape index (κ1) is 59.4. The summed E-state index contributed by atoms with van der Waals surface area (Å²) in [4.78, 5) is 12.6. The number of carbonyl (C=O) groups excluding carboxylic acids is 1. The van der Waals surface area contributed by atoms with Gasteiger partial charge in [-0.15, -0.1) is 0 Å². The summed E-state index contributed by atoms with van der Waals surface area (Å²) < 4.78 is 344. The van der Waals surface area contributed by atoms with Crippen molar-refractivity contribution in [1.29, 1.82) is 0 Å². The van der Waals surface area contributed by atoms with Crippen molar-refractivity contribution in [3.05, 3.63) is 195 Å². The van der Waals surface area contributed by atoms with E-state index in [1.165, 1.54) is 4.70 Å². The molecule has 8 rings (SSSR count). The molecule has 79 heavy (non-hydrogen) atoms. The highest BCUT2D eigenvalue weighted by Gasteiger charge is 2.47. The SMILES string of the molecule is FC(F)(F)c1cc([B-](c2cc(C(F)(F)F)cc(C(F)(F)F)c2)(c2cc(C(F)(F)F)cc(C(F)(F)F)c2)c2cc(C(F)(F)F)cc(C(F)(F)F)c2)cc(C(F)(F)F)c1.O=C(C[n+]1csc2ccccc21)c1ccc2ccccc2c1. The molecule has 418 valence electrons. The van der Waals surface area contributed by atoms with Crippen molar-refractivity contribution >= 4 is 66.1 Å². The average Bonchev–Trinajstić information content (AvgIpc) is 3.94. The van der Waals surface area contributed by atoms with Crippen molar-refractivity contribution in [1.82, 2.24) is 0 Å². The molecule has 0 aliphatic rings. The van der Waals surface area contributed by atoms with Gasteiger partial charge in [0.25, 0.3) is 0 Å². The Morgan fingerprint density at radius 2 is 0.646 bits per heavy atom. The molecular weight excluding hydrogens is 1140 g/mol. The van der Waals surface area contributed by atoms with E-state index in [1.807, 2.05) is 58.6 Å². The highest BCUT2D eigenvalue weighted by atomic mass is 32.1. The minimum absolute atomic E-state index is 0.138. The summed E-state index contributed by atoms with van der Waals surface area (Å²) in [6.45, 7) is 0.377. The lowest BCUT2D eigenvalue weighted by atomic mass is 9.12. The number of hydrogen-bond donors (Lipinski definition) is 0. The van der Waals surface area contributed by atoms with Gasteiger partial charge >= 0.3 is 49.4 Å². The van der Waals surface area contributed by atoms with Crippen LogP contribution in [0.4, 0.5) is 105 Å². The van der Waals surface area contributed by atoms with Crippen molar-refractivity contribution in [2.45, 2.75) is 56.0 Å². The molecule has 7 aromatic carbocycles. The molecule has 0 N–H and O–H groups in total. The zero-order valence-corrected chi connectivity index (χ0v) is 39.3. The van der Waals surface area contributed by atoms with E-state index in [-0.39, 0.29) is 5.78 Å². The van der Waals surface area contributed by atoms with Crippen molar-refractivity contribution in [2.75, 3.05) is 0 Å². The summed E-state index contributed by atoms with van der Waals surface area (Å²) in [6, 6.07) is 13.4. The molecule has 1 heterocycles. The molecule has 1 aromatic heterocycles. The average molecular weight is 1170 g/mol. The fourth-order valence-electron chi connectivity index (χ4n) is 8.77. The summed E-state index contributed by atoms with van der Waals surface area (Å²) >= 11 is 1.66. The van der Waals surface area contributed by atoms with E-state index < -0.39 is 195 Å². The number of hydrogen-bond acceptors (Lipinski definition) is 2. The Morgan fingerprint density at radius 1 is 0.354 bits per heavy atom. The maximum Gasteiger partial charge on any atom is 0.416 e. The minimum atomic E-state index is -6.13. The normalized spacial score (nSPS) is 13.4. The van der Waals surface area contributed by atoms with Crippen LogP contribution in [0, 0.1) is 0 Å². The number of nitrogens with zero attached hydrogens (tertiary/aromatic N) is 1. The van der Waals surface area contributed by atoms with E-state index in [1.54, 1.807) is 11.3 Å². The fraction of sp³-hybridized carbons (Fsp3) is 0.176. The number of Topliss-reactive ketones (excluding diaryl/α,β-unsaturated/α-hetero) is 1. The van der Waals surface area contributed by atoms with Crippen LogP contribution < -0.4 is 26.4 Å². The first-order chi connectivity index (χ1) is 36.1. The van der Waals surface area contributed by atoms with E-state index in [9.17, 15) is 110 Å². The number of ketones is 1. The monoisotopic (exact) mass is 1170 g/mol. The summed E-state index contributed by atoms with van der Waals surface area (Å²) in [5.74, 6) is 0.138. The van der Waals surface area contributed by atoms with E-state index >= 15 is 0 Å². The molecule has 0 atom stereocenters. The molecule has 0 aliphatic carbocycles. The second-order valence-electron chi connectivity index (χ2n) is 17.5. The van der Waals surface area contributed by atoms with Crippen molar-refractivity contribution in [3.63, 3.8) is 0 Å². The quantitative estimate of drug-likeness (QED) is 0.0674. The van der Waals surface area contributed by atoms with Gasteiger partial charge in [0.2, 0.25) is 23.4 Å². The van der Waals surface area contributed by atoms with Gasteiger partial charge < -0.3 is 0 Å². The van der Waals surface area contributed by atoms with Gasteiger partial charge in [0, 0.05) is 11.6 Å². The maximum absolute atomic E-state index is 14.2. The number of halogens is 24. The minimum Gasteiger partial charge on any atom is -0.287 e. The number of fused-ring (bicyclic) bond motifs is 2. The lowest BCUT2D eigenvalue weighted by Crippen LogP contribution is -2.75. The van der Waals surface area contributed by atoms with Gasteiger partial charge in [0.1, 0.15) is 10.8 Å². The number of benzene rings is 7. The molecule has 0 aliphatic heterocycles. The number of thiazole rings is 1. The van der Waals surface area contributed by atoms with Crippen LogP contribution >= 0.6 is 11.3 Å². The van der Waals surface area contributed by atoms with Crippen LogP contribution in [0.25, 0.3) is 21.0 Å². The van der Waals surface area contributed by atoms with Crippen LogP contribution in [0.1, 0.15) is 54.9 Å². The maximum atomic E-state index is 14.2. The summed E-state index contributed by atoms with van der Waals surface area (Å²) in [5.41, 5.74) is -26.3. The Morgan fingerprint density at radius 3 is 0.962 bits per heavy atom. The van der Waals surface area contributed by atoms with Crippen LogP contribution in [-0.2, 0) is 56.0 Å². The number of carbonyl (C=O) groups is 1. The van der Waals surface area contributed by atoms with Crippen LogP contribution in [-0.4, -0.2) is 11.9 Å². The highest BCUT2D eigenvalue weighted by molar-refractivity contribution is 7.20. The Kier molecular flexibility index (Phi) is 15.4. The Hall–Kier alpha value is -7.26. The zero-order chi connectivity index (χ0) is 58.9. The molecule has 0 fully saturated rings. The third-order valence-electron chi connectivity index (χ3n) is 12.3. The summed E-state index contributed by atoms with van der Waals surface area (Å²) in [7, 11) is 0. The zero-order valence-electron chi connectivity index (χ0n) is 38.5. The number of alkyl halides is 24. The molecule has 0 spiro atoms. The predicted molar refractivity (Wildman–Crippen MR) is 240 cm³/mol. The van der Waals surface area contributed by atoms with Crippen LogP contribution in [0.15, 0.2) is 145 Å². The van der Waals surface area contributed by atoms with Gasteiger partial charge in [-0.2, -0.15) is 132 Å². The van der Waals surface area contributed by atoms with Gasteiger partial charge in [-0.05, 0) is 47.2 Å². The molecule has 8 aromatic rings. The number of rotatable bonds is 7. The van der Waals surface area contributed by atoms with Gasteiger partial charge in [-0.3, -0.25) is 4.79 Å². The summed E-state index contributed by atoms with van der Waals surface area (Å²) in [6.07, 6.45) is -54.8. The van der Waals surface area contributed by atoms with Crippen LogP contribution in [0.2, 0.25) is 0 Å². The number of para-hydroxylation sites is 1. The van der Waals surface area contributed by atoms with Crippen molar-refractivity contribution in [2.24, 2.45) is 0 Å². The predicted octanol–water partition coefficient (Wildman–Crippen LogP) is 15.4. The van der Waals surface area contributed by atoms with Gasteiger partial charge in [-0.1, -0.05) is 108 Å². The largest absolute Gasteiger partial charge is 0.416 e. The first-order valence-electron chi connectivity index (χ1n) is 21.8. The number of aromatic nitrogens is 1. The standard InChI is InChI=1S/C32H12BF24.C19H14NOS/c34-25(35,36)13-1-14(26(37,38)39)6-21(5-13)33(22-7-15(27(40,41)42)2-16(8-22)28(43,44)45,23-9-17(29(46,47)48)3-18(10-23)30(49,50)51)24-11-19(31(52,53)54)4-20(12-24)32(55,56)57;21-18(12-20-13-22-19-8-4-3-7-17(19)20)16-10-9-14-5-1-2-6-15(14)11-16/h1-12H;1-11,13H,12H2/q-1;+1. The lowest BCUT2D eigenvalue weighted by Gasteiger charge is -2.46. The Bertz CT molecular complexity index is 3140. The molecule has 0 unspecified atom stereocenters. The van der Waals surface area contributed by atoms with E-state index in [0.29, 0.717) is 6.54 Å². The molecule has 0 saturated carbocycles. The Labute approximate surface area is 431 Å². The van der Waals surface area contributed by atoms with Crippen molar-refractivity contribution < 1.29 is 115 Å². The van der Waals surface area contributed by atoms with Gasteiger partial charge in [-0.25, -0.2) is 0 Å². The second kappa shape index (κ2) is 20.4. The smallest absolute Gasteiger partial charge is 0.287 e. The van der Waals surface area contributed by atoms with Gasteiger partial charge in [0.05, 0.1) is 44.5 Å². The molecule has 28 heteroatoms. The van der Waals surface area contributed by atoms with Gasteiger partial charge in [0.15, 0.2) is 0 Å². The molecule has 0 radical (unpaired) electrons. The first-order valence-corrected chi connectivity index (χ1v) is 22.7. The molecule has 0 amide bonds. The molecule has 0 bridgehead atoms. The van der Waals surface area contributed by atoms with E-state index in [0.717, 1.165) is 21.9 Å². The molecular formula is C51H26BF24NOS. The fourth-order valence-corrected chi connectivity index (χ4v) is 9.67. The van der Waals surface area contributed by atoms with Crippen LogP contribution in [0.5, 0.6) is 0 Å².